The van der Waals surface area contributed by atoms with Crippen molar-refractivity contribution in [1.29, 1.82) is 0 Å². The normalized spacial score (nSPS) is 13.6. The first-order valence-corrected chi connectivity index (χ1v) is 9.84. The van der Waals surface area contributed by atoms with Crippen LogP contribution in [0.4, 0.5) is 5.69 Å². The molecule has 0 unspecified atom stereocenters. The van der Waals surface area contributed by atoms with E-state index in [1.165, 1.54) is 10.9 Å². The van der Waals surface area contributed by atoms with E-state index in [0.29, 0.717) is 35.3 Å². The smallest absolute Gasteiger partial charge is 0.265 e. The number of sulfonamides is 1. The van der Waals surface area contributed by atoms with Crippen molar-refractivity contribution in [2.45, 2.75) is 25.0 Å². The highest BCUT2D eigenvalue weighted by Crippen LogP contribution is 2.27. The van der Waals surface area contributed by atoms with E-state index in [-0.39, 0.29) is 4.90 Å². The average Bonchev–Trinajstić information content (AvgIpc) is 3.21. The van der Waals surface area contributed by atoms with Gasteiger partial charge >= 0.3 is 0 Å². The molecule has 134 valence electrons. The Morgan fingerprint density at radius 3 is 2.73 bits per heavy atom. The Morgan fingerprint density at radius 1 is 1.15 bits per heavy atom. The van der Waals surface area contributed by atoms with Crippen molar-refractivity contribution in [2.75, 3.05) is 4.72 Å². The minimum absolute atomic E-state index is 0.106. The molecule has 1 aromatic heterocycles. The van der Waals surface area contributed by atoms with Crippen LogP contribution >= 0.6 is 11.6 Å². The number of rotatable bonds is 4. The molecule has 2 aromatic carbocycles. The Labute approximate surface area is 156 Å². The van der Waals surface area contributed by atoms with Crippen molar-refractivity contribution in [2.24, 2.45) is 0 Å². The van der Waals surface area contributed by atoms with E-state index in [2.05, 4.69) is 9.82 Å². The maximum atomic E-state index is 12.8. The van der Waals surface area contributed by atoms with Gasteiger partial charge in [0.15, 0.2) is 0 Å². The van der Waals surface area contributed by atoms with Gasteiger partial charge in [0, 0.05) is 5.69 Å². The number of hydrogen-bond donors (Lipinski definition) is 1. The van der Waals surface area contributed by atoms with Crippen LogP contribution in [0.1, 0.15) is 16.8 Å². The fourth-order valence-electron chi connectivity index (χ4n) is 2.97. The Morgan fingerprint density at radius 2 is 1.92 bits per heavy atom. The number of para-hydroxylation sites is 1. The molecule has 6 nitrogen and oxygen atoms in total. The monoisotopic (exact) mass is 389 g/mol. The summed E-state index contributed by atoms with van der Waals surface area (Å²) in [7, 11) is -3.78. The van der Waals surface area contributed by atoms with E-state index in [1.807, 2.05) is 12.1 Å². The molecular weight excluding hydrogens is 374 g/mol. The average molecular weight is 390 g/mol. The molecule has 0 saturated heterocycles. The summed E-state index contributed by atoms with van der Waals surface area (Å²) in [5, 5.41) is 4.70. The lowest BCUT2D eigenvalue weighted by Gasteiger charge is -2.10. The first-order chi connectivity index (χ1) is 12.5. The van der Waals surface area contributed by atoms with Crippen molar-refractivity contribution in [3.8, 4) is 5.69 Å². The van der Waals surface area contributed by atoms with Gasteiger partial charge in [0.1, 0.15) is 4.90 Å². The van der Waals surface area contributed by atoms with Crippen molar-refractivity contribution in [3.63, 3.8) is 0 Å². The minimum Gasteiger partial charge on any atom is -0.372 e. The van der Waals surface area contributed by atoms with Gasteiger partial charge in [-0.15, -0.1) is 0 Å². The lowest BCUT2D eigenvalue weighted by Crippen LogP contribution is -2.14. The number of halogens is 1. The second kappa shape index (κ2) is 6.42. The molecule has 2 heterocycles. The van der Waals surface area contributed by atoms with Gasteiger partial charge in [-0.3, -0.25) is 4.72 Å². The standard InChI is InChI=1S/C18H16ClN3O3S/c1-12-18(9-20-22(12)17-5-3-2-4-16(17)19)26(23,24)21-15-7-6-13-10-25-11-14(13)8-15/h2-9,21H,10-11H2,1H3. The van der Waals surface area contributed by atoms with Crippen LogP contribution in [0.15, 0.2) is 53.6 Å². The molecule has 0 atom stereocenters. The molecule has 0 radical (unpaired) electrons. The van der Waals surface area contributed by atoms with Gasteiger partial charge in [-0.1, -0.05) is 29.8 Å². The van der Waals surface area contributed by atoms with Crippen LogP contribution in [-0.4, -0.2) is 18.2 Å². The summed E-state index contributed by atoms with van der Waals surface area (Å²) in [5.74, 6) is 0. The van der Waals surface area contributed by atoms with E-state index in [4.69, 9.17) is 16.3 Å². The second-order valence-corrected chi connectivity index (χ2v) is 8.10. The summed E-state index contributed by atoms with van der Waals surface area (Å²) in [5.41, 5.74) is 3.68. The summed E-state index contributed by atoms with van der Waals surface area (Å²) in [4.78, 5) is 0.106. The Kier molecular flexibility index (Phi) is 4.22. The third-order valence-electron chi connectivity index (χ3n) is 4.31. The Hall–Kier alpha value is -2.35. The number of aromatic nitrogens is 2. The second-order valence-electron chi connectivity index (χ2n) is 6.04. The maximum Gasteiger partial charge on any atom is 0.265 e. The molecule has 4 rings (SSSR count). The number of nitrogens with one attached hydrogen (secondary N) is 1. The zero-order valence-electron chi connectivity index (χ0n) is 13.9. The summed E-state index contributed by atoms with van der Waals surface area (Å²) in [6, 6.07) is 12.6. The van der Waals surface area contributed by atoms with Crippen LogP contribution in [0.2, 0.25) is 5.02 Å². The van der Waals surface area contributed by atoms with E-state index in [9.17, 15) is 8.42 Å². The van der Waals surface area contributed by atoms with Crippen LogP contribution in [0.25, 0.3) is 5.69 Å². The summed E-state index contributed by atoms with van der Waals surface area (Å²) in [6.07, 6.45) is 1.33. The molecule has 0 spiro atoms. The molecule has 0 aliphatic carbocycles. The van der Waals surface area contributed by atoms with Gasteiger partial charge in [-0.05, 0) is 42.3 Å². The number of anilines is 1. The zero-order valence-corrected chi connectivity index (χ0v) is 15.5. The number of fused-ring (bicyclic) bond motifs is 1. The van der Waals surface area contributed by atoms with Gasteiger partial charge in [-0.25, -0.2) is 13.1 Å². The van der Waals surface area contributed by atoms with Crippen LogP contribution in [-0.2, 0) is 28.0 Å². The van der Waals surface area contributed by atoms with Gasteiger partial charge in [0.25, 0.3) is 10.0 Å². The lowest BCUT2D eigenvalue weighted by atomic mass is 10.1. The highest BCUT2D eigenvalue weighted by Gasteiger charge is 2.23. The van der Waals surface area contributed by atoms with Gasteiger partial charge in [0.05, 0.1) is 35.8 Å². The number of hydrogen-bond acceptors (Lipinski definition) is 4. The quantitative estimate of drug-likeness (QED) is 0.739. The lowest BCUT2D eigenvalue weighted by molar-refractivity contribution is 0.134. The van der Waals surface area contributed by atoms with Gasteiger partial charge in [-0.2, -0.15) is 5.10 Å². The SMILES string of the molecule is Cc1c(S(=O)(=O)Nc2ccc3c(c2)COC3)cnn1-c1ccccc1Cl. The molecule has 3 aromatic rings. The number of nitrogens with zero attached hydrogens (tertiary/aromatic N) is 2. The fraction of sp³-hybridized carbons (Fsp3) is 0.167. The summed E-state index contributed by atoms with van der Waals surface area (Å²) in [6.45, 7) is 2.75. The first-order valence-electron chi connectivity index (χ1n) is 7.97. The van der Waals surface area contributed by atoms with Crippen LogP contribution in [0.3, 0.4) is 0 Å². The van der Waals surface area contributed by atoms with Crippen molar-refractivity contribution in [3.05, 3.63) is 70.5 Å². The molecule has 1 N–H and O–H groups in total. The van der Waals surface area contributed by atoms with E-state index in [0.717, 1.165) is 11.1 Å². The Balaban J connectivity index is 1.68. The first kappa shape index (κ1) is 17.1. The molecule has 26 heavy (non-hydrogen) atoms. The predicted molar refractivity (Wildman–Crippen MR) is 99.1 cm³/mol. The van der Waals surface area contributed by atoms with E-state index in [1.54, 1.807) is 37.3 Å². The minimum atomic E-state index is -3.78. The maximum absolute atomic E-state index is 12.8. The Bertz CT molecular complexity index is 1090. The number of benzene rings is 2. The van der Waals surface area contributed by atoms with Crippen molar-refractivity contribution < 1.29 is 13.2 Å². The highest BCUT2D eigenvalue weighted by atomic mass is 35.5. The number of ether oxygens (including phenoxy) is 1. The zero-order chi connectivity index (χ0) is 18.3. The largest absolute Gasteiger partial charge is 0.372 e. The van der Waals surface area contributed by atoms with Crippen molar-refractivity contribution in [1.82, 2.24) is 9.78 Å². The third-order valence-corrected chi connectivity index (χ3v) is 6.11. The summed E-state index contributed by atoms with van der Waals surface area (Å²) >= 11 is 6.20. The summed E-state index contributed by atoms with van der Waals surface area (Å²) < 4.78 is 35.1. The molecule has 1 aliphatic rings. The van der Waals surface area contributed by atoms with Crippen LogP contribution < -0.4 is 4.72 Å². The third kappa shape index (κ3) is 2.98. The van der Waals surface area contributed by atoms with Gasteiger partial charge in [0.2, 0.25) is 0 Å². The van der Waals surface area contributed by atoms with Crippen molar-refractivity contribution >= 4 is 27.3 Å². The van der Waals surface area contributed by atoms with E-state index < -0.39 is 10.0 Å². The molecule has 8 heteroatoms. The predicted octanol–water partition coefficient (Wildman–Crippen LogP) is 3.67. The molecule has 1 aliphatic heterocycles. The molecular formula is C18H16ClN3O3S. The van der Waals surface area contributed by atoms with Crippen LogP contribution in [0, 0.1) is 6.92 Å². The molecule has 0 amide bonds. The molecule has 0 saturated carbocycles. The van der Waals surface area contributed by atoms with Crippen LogP contribution in [0.5, 0.6) is 0 Å². The highest BCUT2D eigenvalue weighted by molar-refractivity contribution is 7.92. The van der Waals surface area contributed by atoms with Gasteiger partial charge < -0.3 is 4.74 Å². The molecule has 0 bridgehead atoms. The topological polar surface area (TPSA) is 73.2 Å². The van der Waals surface area contributed by atoms with E-state index >= 15 is 0 Å². The molecule has 0 fully saturated rings. The fourth-order valence-corrected chi connectivity index (χ4v) is 4.39.